The summed E-state index contributed by atoms with van der Waals surface area (Å²) in [6.45, 7) is 3.53. The molecule has 2 aromatic rings. The monoisotopic (exact) mass is 258 g/mol. The highest BCUT2D eigenvalue weighted by atomic mass is 32.1. The van der Waals surface area contributed by atoms with E-state index >= 15 is 0 Å². The lowest BCUT2D eigenvalue weighted by molar-refractivity contribution is -0.132. The number of rotatable bonds is 5. The van der Waals surface area contributed by atoms with Gasteiger partial charge in [0.15, 0.2) is 0 Å². The van der Waals surface area contributed by atoms with Crippen LogP contribution in [0.2, 0.25) is 0 Å². The first-order valence-electron chi connectivity index (χ1n) is 5.69. The summed E-state index contributed by atoms with van der Waals surface area (Å²) in [5.41, 5.74) is 3.81. The molecule has 1 heterocycles. The summed E-state index contributed by atoms with van der Waals surface area (Å²) >= 11 is 1.68. The van der Waals surface area contributed by atoms with Gasteiger partial charge in [-0.1, -0.05) is 30.8 Å². The van der Waals surface area contributed by atoms with Crippen LogP contribution in [0.15, 0.2) is 53.2 Å². The molecule has 0 saturated carbocycles. The number of carboxylic acid groups (broad SMARTS) is 1. The van der Waals surface area contributed by atoms with Gasteiger partial charge in [0.05, 0.1) is 0 Å². The average molecular weight is 258 g/mol. The van der Waals surface area contributed by atoms with E-state index in [1.807, 2.05) is 12.1 Å². The summed E-state index contributed by atoms with van der Waals surface area (Å²) in [7, 11) is 0. The average Bonchev–Trinajstić information content (AvgIpc) is 2.90. The summed E-state index contributed by atoms with van der Waals surface area (Å²) in [4.78, 5) is 10.6. The lowest BCUT2D eigenvalue weighted by Crippen LogP contribution is -2.00. The molecule has 2 rings (SSSR count). The van der Waals surface area contributed by atoms with Crippen molar-refractivity contribution < 1.29 is 9.90 Å². The third kappa shape index (κ3) is 3.08. The van der Waals surface area contributed by atoms with E-state index in [9.17, 15) is 4.79 Å². The van der Waals surface area contributed by atoms with Gasteiger partial charge in [-0.15, -0.1) is 0 Å². The number of carbonyl (C=O) groups is 1. The number of hydrogen-bond acceptors (Lipinski definition) is 2. The van der Waals surface area contributed by atoms with Crippen molar-refractivity contribution in [3.05, 3.63) is 58.8 Å². The predicted octanol–water partition coefficient (Wildman–Crippen LogP) is 3.99. The number of hydrogen-bond donors (Lipinski definition) is 1. The van der Waals surface area contributed by atoms with Crippen LogP contribution in [-0.2, 0) is 11.2 Å². The zero-order valence-corrected chi connectivity index (χ0v) is 10.7. The van der Waals surface area contributed by atoms with Gasteiger partial charge >= 0.3 is 5.97 Å². The van der Waals surface area contributed by atoms with E-state index in [0.717, 1.165) is 12.0 Å². The molecule has 1 aromatic carbocycles. The Labute approximate surface area is 110 Å². The van der Waals surface area contributed by atoms with Gasteiger partial charge in [-0.2, -0.15) is 11.3 Å². The number of thiophene rings is 1. The van der Waals surface area contributed by atoms with Crippen LogP contribution in [0.25, 0.3) is 11.1 Å². The van der Waals surface area contributed by atoms with Gasteiger partial charge in [-0.05, 0) is 46.4 Å². The molecule has 1 aromatic heterocycles. The van der Waals surface area contributed by atoms with Crippen molar-refractivity contribution in [3.8, 4) is 11.1 Å². The highest BCUT2D eigenvalue weighted by Gasteiger charge is 2.04. The fraction of sp³-hybridized carbons (Fsp3) is 0.133. The fourth-order valence-corrected chi connectivity index (χ4v) is 2.36. The van der Waals surface area contributed by atoms with Gasteiger partial charge in [-0.25, -0.2) is 4.79 Å². The molecule has 0 aliphatic carbocycles. The van der Waals surface area contributed by atoms with E-state index in [1.165, 1.54) is 11.1 Å². The molecule has 0 fully saturated rings. The lowest BCUT2D eigenvalue weighted by Gasteiger charge is -2.03. The second-order valence-electron chi connectivity index (χ2n) is 4.12. The molecule has 92 valence electrons. The van der Waals surface area contributed by atoms with Crippen molar-refractivity contribution in [3.63, 3.8) is 0 Å². The molecular formula is C15H14O2S. The van der Waals surface area contributed by atoms with Crippen LogP contribution in [0, 0.1) is 0 Å². The topological polar surface area (TPSA) is 37.3 Å². The van der Waals surface area contributed by atoms with Crippen molar-refractivity contribution in [2.45, 2.75) is 12.8 Å². The Morgan fingerprint density at radius 2 is 1.89 bits per heavy atom. The van der Waals surface area contributed by atoms with Crippen LogP contribution in [0.4, 0.5) is 0 Å². The van der Waals surface area contributed by atoms with Gasteiger partial charge < -0.3 is 5.11 Å². The molecule has 18 heavy (non-hydrogen) atoms. The maximum atomic E-state index is 10.6. The van der Waals surface area contributed by atoms with E-state index in [0.29, 0.717) is 6.42 Å². The fourth-order valence-electron chi connectivity index (χ4n) is 1.69. The van der Waals surface area contributed by atoms with Crippen LogP contribution in [0.1, 0.15) is 12.0 Å². The van der Waals surface area contributed by atoms with Gasteiger partial charge in [0, 0.05) is 5.57 Å². The maximum absolute atomic E-state index is 10.6. The predicted molar refractivity (Wildman–Crippen MR) is 74.9 cm³/mol. The van der Waals surface area contributed by atoms with Crippen molar-refractivity contribution in [1.82, 2.24) is 0 Å². The van der Waals surface area contributed by atoms with Crippen molar-refractivity contribution >= 4 is 17.3 Å². The third-order valence-electron chi connectivity index (χ3n) is 2.83. The number of benzene rings is 1. The van der Waals surface area contributed by atoms with E-state index < -0.39 is 5.97 Å². The standard InChI is InChI=1S/C15H14O2S/c1-11(15(16)17)2-3-12-4-6-13(7-5-12)14-8-9-18-10-14/h4-10H,1-3H2,(H,16,17). The Hall–Kier alpha value is -1.87. The summed E-state index contributed by atoms with van der Waals surface area (Å²) < 4.78 is 0. The first-order chi connectivity index (χ1) is 8.66. The normalized spacial score (nSPS) is 10.2. The zero-order chi connectivity index (χ0) is 13.0. The summed E-state index contributed by atoms with van der Waals surface area (Å²) in [6, 6.07) is 10.3. The Morgan fingerprint density at radius 3 is 2.44 bits per heavy atom. The molecule has 0 aliphatic rings. The first kappa shape index (κ1) is 12.6. The highest BCUT2D eigenvalue weighted by molar-refractivity contribution is 7.08. The van der Waals surface area contributed by atoms with E-state index in [1.54, 1.807) is 11.3 Å². The molecule has 2 nitrogen and oxygen atoms in total. The highest BCUT2D eigenvalue weighted by Crippen LogP contribution is 2.22. The second-order valence-corrected chi connectivity index (χ2v) is 4.90. The lowest BCUT2D eigenvalue weighted by atomic mass is 10.0. The molecule has 0 unspecified atom stereocenters. The molecule has 0 atom stereocenters. The largest absolute Gasteiger partial charge is 0.478 e. The molecule has 0 radical (unpaired) electrons. The maximum Gasteiger partial charge on any atom is 0.330 e. The second kappa shape index (κ2) is 5.65. The number of aliphatic carboxylic acids is 1. The summed E-state index contributed by atoms with van der Waals surface area (Å²) in [5.74, 6) is -0.912. The minimum atomic E-state index is -0.912. The van der Waals surface area contributed by atoms with Crippen molar-refractivity contribution in [2.24, 2.45) is 0 Å². The quantitative estimate of drug-likeness (QED) is 0.823. The first-order valence-corrected chi connectivity index (χ1v) is 6.63. The van der Waals surface area contributed by atoms with Crippen LogP contribution >= 0.6 is 11.3 Å². The summed E-state index contributed by atoms with van der Waals surface area (Å²) in [5, 5.41) is 12.9. The van der Waals surface area contributed by atoms with Crippen LogP contribution in [-0.4, -0.2) is 11.1 Å². The minimum absolute atomic E-state index is 0.261. The number of carboxylic acids is 1. The molecular weight excluding hydrogens is 244 g/mol. The van der Waals surface area contributed by atoms with Gasteiger partial charge in [-0.3, -0.25) is 0 Å². The molecule has 3 heteroatoms. The smallest absolute Gasteiger partial charge is 0.330 e. The van der Waals surface area contributed by atoms with Crippen molar-refractivity contribution in [1.29, 1.82) is 0 Å². The van der Waals surface area contributed by atoms with E-state index in [4.69, 9.17) is 5.11 Å². The van der Waals surface area contributed by atoms with Crippen molar-refractivity contribution in [2.75, 3.05) is 0 Å². The van der Waals surface area contributed by atoms with Gasteiger partial charge in [0.1, 0.15) is 0 Å². The minimum Gasteiger partial charge on any atom is -0.478 e. The van der Waals surface area contributed by atoms with E-state index in [-0.39, 0.29) is 5.57 Å². The number of aryl methyl sites for hydroxylation is 1. The van der Waals surface area contributed by atoms with Crippen LogP contribution in [0.3, 0.4) is 0 Å². The van der Waals surface area contributed by atoms with E-state index in [2.05, 4.69) is 35.5 Å². The van der Waals surface area contributed by atoms with Gasteiger partial charge in [0.2, 0.25) is 0 Å². The molecule has 0 spiro atoms. The molecule has 0 saturated heterocycles. The third-order valence-corrected chi connectivity index (χ3v) is 3.51. The molecule has 0 aliphatic heterocycles. The van der Waals surface area contributed by atoms with Gasteiger partial charge in [0.25, 0.3) is 0 Å². The Morgan fingerprint density at radius 1 is 1.17 bits per heavy atom. The Bertz CT molecular complexity index is 538. The molecule has 0 amide bonds. The van der Waals surface area contributed by atoms with Crippen LogP contribution < -0.4 is 0 Å². The molecule has 0 bridgehead atoms. The SMILES string of the molecule is C=C(CCc1ccc(-c2ccsc2)cc1)C(=O)O. The Kier molecular flexibility index (Phi) is 3.95. The zero-order valence-electron chi connectivity index (χ0n) is 9.93. The Balaban J connectivity index is 2.00. The molecule has 1 N–H and O–H groups in total. The van der Waals surface area contributed by atoms with Crippen LogP contribution in [0.5, 0.6) is 0 Å². The summed E-state index contributed by atoms with van der Waals surface area (Å²) in [6.07, 6.45) is 1.21.